The third kappa shape index (κ3) is 7.81. The average molecular weight is 635 g/mol. The minimum absolute atomic E-state index is 0.118. The molecule has 11 heteroatoms. The summed E-state index contributed by atoms with van der Waals surface area (Å²) in [6.45, 7) is 2.65. The van der Waals surface area contributed by atoms with E-state index in [1.54, 1.807) is 36.5 Å². The third-order valence-corrected chi connectivity index (χ3v) is 7.93. The fraction of sp³-hybridized carbons (Fsp3) is 0.290. The summed E-state index contributed by atoms with van der Waals surface area (Å²) in [5.74, 6) is -0.983. The lowest BCUT2D eigenvalue weighted by Crippen LogP contribution is -2.37. The minimum Gasteiger partial charge on any atom is -0.465 e. The van der Waals surface area contributed by atoms with E-state index < -0.39 is 17.9 Å². The lowest BCUT2D eigenvalue weighted by molar-refractivity contribution is -0.118. The summed E-state index contributed by atoms with van der Waals surface area (Å²) >= 11 is 3.42. The van der Waals surface area contributed by atoms with Crippen LogP contribution in [0.3, 0.4) is 0 Å². The molecule has 2 saturated heterocycles. The van der Waals surface area contributed by atoms with Crippen molar-refractivity contribution >= 4 is 57.0 Å². The number of aromatic nitrogens is 1. The molecule has 0 spiro atoms. The summed E-state index contributed by atoms with van der Waals surface area (Å²) < 4.78 is 6.64. The molecule has 2 bridgehead atoms. The Bertz CT molecular complexity index is 1450. The Morgan fingerprint density at radius 2 is 1.81 bits per heavy atom. The molecule has 42 heavy (non-hydrogen) atoms. The first kappa shape index (κ1) is 29.4. The monoisotopic (exact) mass is 633 g/mol. The quantitative estimate of drug-likeness (QED) is 0.203. The van der Waals surface area contributed by atoms with E-state index in [-0.39, 0.29) is 11.6 Å². The topological polar surface area (TPSA) is 133 Å². The van der Waals surface area contributed by atoms with Gasteiger partial charge in [0.05, 0.1) is 35.7 Å². The fourth-order valence-electron chi connectivity index (χ4n) is 5.31. The van der Waals surface area contributed by atoms with Crippen LogP contribution in [0.5, 0.6) is 0 Å². The van der Waals surface area contributed by atoms with Crippen LogP contribution in [0.15, 0.2) is 77.4 Å². The lowest BCUT2D eigenvalue weighted by atomic mass is 9.96. The summed E-state index contributed by atoms with van der Waals surface area (Å²) in [7, 11) is 0. The molecule has 0 saturated carbocycles. The lowest BCUT2D eigenvalue weighted by Gasteiger charge is -2.27. The maximum absolute atomic E-state index is 13.4. The number of rotatable bonds is 11. The number of para-hydroxylation sites is 2. The van der Waals surface area contributed by atoms with Crippen molar-refractivity contribution in [1.29, 1.82) is 0 Å². The zero-order valence-electron chi connectivity index (χ0n) is 22.8. The first-order chi connectivity index (χ1) is 20.3. The number of halogens is 1. The highest BCUT2D eigenvalue weighted by atomic mass is 79.9. The Labute approximate surface area is 252 Å². The molecule has 1 unspecified atom stereocenters. The molecule has 218 valence electrons. The van der Waals surface area contributed by atoms with Crippen molar-refractivity contribution in [1.82, 2.24) is 9.88 Å². The van der Waals surface area contributed by atoms with Gasteiger partial charge in [0.1, 0.15) is 0 Å². The van der Waals surface area contributed by atoms with Crippen molar-refractivity contribution in [3.63, 3.8) is 0 Å². The van der Waals surface area contributed by atoms with Gasteiger partial charge in [-0.15, -0.1) is 0 Å². The third-order valence-electron chi connectivity index (χ3n) is 7.40. The van der Waals surface area contributed by atoms with Gasteiger partial charge in [-0.2, -0.15) is 0 Å². The SMILES string of the molecule is O=C(O)Nc1ccccc1NC(=O)/C=C/c1ccc(C(CCCN2C[C@@H]3C[C@H]2CO3)C(=O)Nc2ccc(Br)cc2)nc1. The van der Waals surface area contributed by atoms with Crippen molar-refractivity contribution in [3.05, 3.63) is 88.7 Å². The summed E-state index contributed by atoms with van der Waals surface area (Å²) in [5, 5.41) is 17.0. The number of nitrogens with zero attached hydrogens (tertiary/aromatic N) is 2. The van der Waals surface area contributed by atoms with Gasteiger partial charge < -0.3 is 20.5 Å². The number of carbonyl (C=O) groups is 3. The number of pyridine rings is 1. The van der Waals surface area contributed by atoms with Crippen molar-refractivity contribution in [2.24, 2.45) is 0 Å². The Hall–Kier alpha value is -4.06. The van der Waals surface area contributed by atoms with E-state index >= 15 is 0 Å². The predicted octanol–water partition coefficient (Wildman–Crippen LogP) is 5.56. The van der Waals surface area contributed by atoms with Gasteiger partial charge in [0.25, 0.3) is 0 Å². The highest BCUT2D eigenvalue weighted by Crippen LogP contribution is 2.29. The van der Waals surface area contributed by atoms with Crippen LogP contribution in [0.25, 0.3) is 6.08 Å². The van der Waals surface area contributed by atoms with Gasteiger partial charge in [-0.1, -0.05) is 34.1 Å². The van der Waals surface area contributed by atoms with Gasteiger partial charge in [-0.25, -0.2) is 4.79 Å². The van der Waals surface area contributed by atoms with E-state index in [2.05, 4.69) is 41.8 Å². The first-order valence-electron chi connectivity index (χ1n) is 13.8. The van der Waals surface area contributed by atoms with Gasteiger partial charge in [0.15, 0.2) is 0 Å². The van der Waals surface area contributed by atoms with Gasteiger partial charge in [0.2, 0.25) is 11.8 Å². The molecule has 2 fully saturated rings. The standard InChI is InChI=1S/C31H32BrN5O5/c32-21-9-11-22(12-10-21)34-30(39)25(4-3-15-37-18-24-16-23(37)19-42-24)26-13-7-20(17-33-26)8-14-29(38)35-27-5-1-2-6-28(27)36-31(40)41/h1-2,5-14,17,23-25,36H,3-4,15-16,18-19H2,(H,34,39)(H,35,38)(H,40,41)/b14-8+/t23-,24-,25?/m0/s1. The van der Waals surface area contributed by atoms with E-state index in [0.717, 1.165) is 37.0 Å². The molecule has 1 aromatic heterocycles. The zero-order valence-corrected chi connectivity index (χ0v) is 24.4. The smallest absolute Gasteiger partial charge is 0.409 e. The Morgan fingerprint density at radius 3 is 2.45 bits per heavy atom. The molecule has 2 aliphatic heterocycles. The Morgan fingerprint density at radius 1 is 1.05 bits per heavy atom. The normalized spacial score (nSPS) is 18.6. The summed E-state index contributed by atoms with van der Waals surface area (Å²) in [4.78, 5) is 44.0. The van der Waals surface area contributed by atoms with E-state index in [0.29, 0.717) is 41.2 Å². The first-order valence-corrected chi connectivity index (χ1v) is 14.6. The molecular formula is C31H32BrN5O5. The van der Waals surface area contributed by atoms with Crippen LogP contribution in [-0.2, 0) is 14.3 Å². The van der Waals surface area contributed by atoms with Crippen LogP contribution >= 0.6 is 15.9 Å². The number of carbonyl (C=O) groups excluding carboxylic acids is 2. The molecule has 0 radical (unpaired) electrons. The van der Waals surface area contributed by atoms with Crippen molar-refractivity contribution in [2.45, 2.75) is 37.3 Å². The molecule has 10 nitrogen and oxygen atoms in total. The number of fused-ring (bicyclic) bond motifs is 2. The number of morpholine rings is 1. The van der Waals surface area contributed by atoms with Gasteiger partial charge >= 0.3 is 6.09 Å². The second-order valence-electron chi connectivity index (χ2n) is 10.3. The molecule has 3 aromatic rings. The van der Waals surface area contributed by atoms with E-state index in [1.165, 1.54) is 6.08 Å². The van der Waals surface area contributed by atoms with Crippen LogP contribution in [-0.4, -0.2) is 64.7 Å². The number of benzene rings is 2. The predicted molar refractivity (Wildman–Crippen MR) is 164 cm³/mol. The Balaban J connectivity index is 1.23. The highest BCUT2D eigenvalue weighted by Gasteiger charge is 2.38. The molecule has 0 aliphatic carbocycles. The molecule has 3 amide bonds. The van der Waals surface area contributed by atoms with Gasteiger partial charge in [0, 0.05) is 35.0 Å². The molecular weight excluding hydrogens is 602 g/mol. The van der Waals surface area contributed by atoms with Gasteiger partial charge in [-0.3, -0.25) is 24.8 Å². The summed E-state index contributed by atoms with van der Waals surface area (Å²) in [6.07, 6.45) is 6.30. The van der Waals surface area contributed by atoms with Crippen LogP contribution in [0, 0.1) is 0 Å². The maximum Gasteiger partial charge on any atom is 0.409 e. The van der Waals surface area contributed by atoms with Crippen LogP contribution in [0.4, 0.5) is 21.9 Å². The van der Waals surface area contributed by atoms with Crippen LogP contribution < -0.4 is 16.0 Å². The van der Waals surface area contributed by atoms with E-state index in [4.69, 9.17) is 9.84 Å². The van der Waals surface area contributed by atoms with Crippen molar-refractivity contribution < 1.29 is 24.2 Å². The maximum atomic E-state index is 13.4. The molecule has 3 atom stereocenters. The summed E-state index contributed by atoms with van der Waals surface area (Å²) in [6, 6.07) is 18.1. The number of amides is 3. The second-order valence-corrected chi connectivity index (χ2v) is 11.3. The number of nitrogens with one attached hydrogen (secondary N) is 3. The molecule has 2 aliphatic rings. The number of anilines is 3. The molecule has 3 heterocycles. The highest BCUT2D eigenvalue weighted by molar-refractivity contribution is 9.10. The minimum atomic E-state index is -1.22. The number of ether oxygens (including phenoxy) is 1. The molecule has 5 rings (SSSR count). The van der Waals surface area contributed by atoms with Crippen molar-refractivity contribution in [2.75, 3.05) is 35.6 Å². The number of carboxylic acid groups (broad SMARTS) is 1. The Kier molecular flexibility index (Phi) is 9.63. The van der Waals surface area contributed by atoms with Crippen LogP contribution in [0.1, 0.15) is 36.4 Å². The van der Waals surface area contributed by atoms with E-state index in [9.17, 15) is 14.4 Å². The van der Waals surface area contributed by atoms with Gasteiger partial charge in [-0.05, 0) is 79.9 Å². The molecule has 2 aromatic carbocycles. The van der Waals surface area contributed by atoms with Crippen molar-refractivity contribution in [3.8, 4) is 0 Å². The second kappa shape index (κ2) is 13.7. The zero-order chi connectivity index (χ0) is 29.5. The fourth-order valence-corrected chi connectivity index (χ4v) is 5.58. The van der Waals surface area contributed by atoms with E-state index in [1.807, 2.05) is 36.4 Å². The number of likely N-dealkylation sites (tertiary alicyclic amines) is 1. The summed E-state index contributed by atoms with van der Waals surface area (Å²) in [5.41, 5.74) is 2.68. The number of hydrogen-bond acceptors (Lipinski definition) is 6. The largest absolute Gasteiger partial charge is 0.465 e. The molecule has 4 N–H and O–H groups in total. The van der Waals surface area contributed by atoms with Crippen LogP contribution in [0.2, 0.25) is 0 Å². The number of hydrogen-bond donors (Lipinski definition) is 4. The average Bonchev–Trinajstić information content (AvgIpc) is 3.60.